The van der Waals surface area contributed by atoms with Crippen LogP contribution in [0.3, 0.4) is 0 Å². The summed E-state index contributed by atoms with van der Waals surface area (Å²) in [6, 6.07) is 1.40. The molecule has 1 aliphatic heterocycles. The minimum absolute atomic E-state index is 0.0363. The molecule has 1 aliphatic rings. The maximum atomic E-state index is 4.88. The highest BCUT2D eigenvalue weighted by Crippen LogP contribution is 1.90. The molecule has 0 aliphatic carbocycles. The van der Waals surface area contributed by atoms with E-state index in [0.29, 0.717) is 0 Å². The van der Waals surface area contributed by atoms with Crippen LogP contribution in [0.1, 0.15) is 6.42 Å². The molecule has 0 aromatic carbocycles. The van der Waals surface area contributed by atoms with Crippen molar-refractivity contribution in [2.75, 3.05) is 6.61 Å². The largest absolute Gasteiger partial charge is 0.310 e. The molecular formula is C3H9NOSi. The monoisotopic (exact) mass is 103 g/mol. The van der Waals surface area contributed by atoms with Gasteiger partial charge in [0, 0.05) is 0 Å². The molecule has 2 nitrogen and oxygen atoms in total. The third kappa shape index (κ3) is 1.08. The summed E-state index contributed by atoms with van der Waals surface area (Å²) >= 11 is 0. The standard InChI is InChI=1S/C3H9NOSi/c1-2-5-4-6-3-1/h4H,1-3,6H2. The van der Waals surface area contributed by atoms with Gasteiger partial charge >= 0.3 is 0 Å². The van der Waals surface area contributed by atoms with E-state index in [1.807, 2.05) is 0 Å². The van der Waals surface area contributed by atoms with E-state index in [1.165, 1.54) is 12.5 Å². The topological polar surface area (TPSA) is 21.3 Å². The minimum Gasteiger partial charge on any atom is -0.310 e. The lowest BCUT2D eigenvalue weighted by Gasteiger charge is -2.09. The van der Waals surface area contributed by atoms with Crippen LogP contribution in [0, 0.1) is 0 Å². The summed E-state index contributed by atoms with van der Waals surface area (Å²) in [5, 5.41) is 2.92. The average molecular weight is 103 g/mol. The zero-order valence-corrected chi connectivity index (χ0v) is 5.15. The van der Waals surface area contributed by atoms with Gasteiger partial charge in [0.15, 0.2) is 0 Å². The highest BCUT2D eigenvalue weighted by Gasteiger charge is 1.95. The Bertz CT molecular complexity index is 26.3. The van der Waals surface area contributed by atoms with Gasteiger partial charge in [-0.3, -0.25) is 0 Å². The Morgan fingerprint density at radius 2 is 2.67 bits per heavy atom. The predicted molar refractivity (Wildman–Crippen MR) is 27.1 cm³/mol. The summed E-state index contributed by atoms with van der Waals surface area (Å²) < 4.78 is 0. The smallest absolute Gasteiger partial charge is 0.125 e. The molecule has 0 aromatic rings. The molecule has 1 rings (SSSR count). The fourth-order valence-electron chi connectivity index (χ4n) is 0.516. The fraction of sp³-hybridized carbons (Fsp3) is 1.00. The Hall–Kier alpha value is 0.137. The van der Waals surface area contributed by atoms with Crippen LogP contribution < -0.4 is 5.15 Å². The summed E-state index contributed by atoms with van der Waals surface area (Å²) in [5.41, 5.74) is 0. The SMILES string of the molecule is C1CON[SiH2]C1. The van der Waals surface area contributed by atoms with Crippen molar-refractivity contribution in [1.29, 1.82) is 0 Å². The van der Waals surface area contributed by atoms with Crippen molar-refractivity contribution in [3.05, 3.63) is 0 Å². The van der Waals surface area contributed by atoms with Gasteiger partial charge in [0.05, 0.1) is 6.61 Å². The molecule has 1 saturated heterocycles. The van der Waals surface area contributed by atoms with E-state index < -0.39 is 0 Å². The van der Waals surface area contributed by atoms with Gasteiger partial charge in [0.2, 0.25) is 0 Å². The van der Waals surface area contributed by atoms with E-state index in [1.54, 1.807) is 0 Å². The van der Waals surface area contributed by atoms with Crippen LogP contribution in [0.2, 0.25) is 6.04 Å². The molecule has 0 aromatic heterocycles. The summed E-state index contributed by atoms with van der Waals surface area (Å²) in [6.45, 7) is 0.924. The number of rotatable bonds is 0. The van der Waals surface area contributed by atoms with Crippen LogP contribution in [0.5, 0.6) is 0 Å². The number of hydrogen-bond acceptors (Lipinski definition) is 2. The molecule has 1 N–H and O–H groups in total. The Labute approximate surface area is 39.7 Å². The molecule has 0 atom stereocenters. The van der Waals surface area contributed by atoms with Gasteiger partial charge < -0.3 is 4.84 Å². The van der Waals surface area contributed by atoms with Crippen LogP contribution >= 0.6 is 0 Å². The van der Waals surface area contributed by atoms with Crippen LogP contribution in [0.15, 0.2) is 0 Å². The molecule has 6 heavy (non-hydrogen) atoms. The molecule has 0 radical (unpaired) electrons. The number of nitrogens with one attached hydrogen (secondary N) is 1. The van der Waals surface area contributed by atoms with Gasteiger partial charge in [-0.1, -0.05) is 0 Å². The first-order chi connectivity index (χ1) is 3.00. The van der Waals surface area contributed by atoms with Crippen LogP contribution in [0.4, 0.5) is 0 Å². The third-order valence-corrected chi connectivity index (χ3v) is 2.14. The molecule has 1 heterocycles. The summed E-state index contributed by atoms with van der Waals surface area (Å²) in [6.07, 6.45) is 1.28. The van der Waals surface area contributed by atoms with Crippen molar-refractivity contribution >= 4 is 9.68 Å². The second kappa shape index (κ2) is 2.33. The highest BCUT2D eigenvalue weighted by atomic mass is 28.2. The lowest BCUT2D eigenvalue weighted by Crippen LogP contribution is -2.25. The Morgan fingerprint density at radius 3 is 2.83 bits per heavy atom. The molecule has 3 heteroatoms. The number of hydrogen-bond donors (Lipinski definition) is 1. The average Bonchev–Trinajstić information content (AvgIpc) is 1.72. The Kier molecular flexibility index (Phi) is 1.67. The molecule has 36 valence electrons. The van der Waals surface area contributed by atoms with Gasteiger partial charge in [-0.25, -0.2) is 5.15 Å². The quantitative estimate of drug-likeness (QED) is 0.414. The maximum absolute atomic E-state index is 4.88. The molecule has 0 amide bonds. The zero-order valence-electron chi connectivity index (χ0n) is 3.74. The molecule has 0 bridgehead atoms. The van der Waals surface area contributed by atoms with Crippen molar-refractivity contribution < 1.29 is 4.84 Å². The van der Waals surface area contributed by atoms with Gasteiger partial charge in [-0.05, 0) is 12.5 Å². The molecule has 0 spiro atoms. The minimum atomic E-state index is 0.0363. The van der Waals surface area contributed by atoms with E-state index in [-0.39, 0.29) is 9.68 Å². The first kappa shape index (κ1) is 4.30. The van der Waals surface area contributed by atoms with Gasteiger partial charge in [-0.15, -0.1) is 0 Å². The molecule has 0 saturated carbocycles. The zero-order chi connectivity index (χ0) is 4.24. The summed E-state index contributed by atoms with van der Waals surface area (Å²) in [5.74, 6) is 0. The second-order valence-electron chi connectivity index (χ2n) is 1.45. The van der Waals surface area contributed by atoms with Gasteiger partial charge in [-0.2, -0.15) is 0 Å². The Morgan fingerprint density at radius 1 is 1.67 bits per heavy atom. The van der Waals surface area contributed by atoms with Crippen molar-refractivity contribution in [1.82, 2.24) is 5.15 Å². The van der Waals surface area contributed by atoms with Crippen molar-refractivity contribution in [2.45, 2.75) is 12.5 Å². The fourth-order valence-corrected chi connectivity index (χ4v) is 1.40. The van der Waals surface area contributed by atoms with E-state index in [0.717, 1.165) is 6.61 Å². The Balaban J connectivity index is 2.00. The summed E-state index contributed by atoms with van der Waals surface area (Å²) in [4.78, 5) is 4.88. The molecule has 0 unspecified atom stereocenters. The highest BCUT2D eigenvalue weighted by molar-refractivity contribution is 6.31. The first-order valence-corrected chi connectivity index (χ1v) is 4.05. The predicted octanol–water partition coefficient (Wildman–Crippen LogP) is -0.587. The second-order valence-corrected chi connectivity index (χ2v) is 2.95. The van der Waals surface area contributed by atoms with Crippen LogP contribution in [-0.4, -0.2) is 16.3 Å². The lowest BCUT2D eigenvalue weighted by molar-refractivity contribution is 0.0817. The molecule has 1 fully saturated rings. The van der Waals surface area contributed by atoms with E-state index in [2.05, 4.69) is 5.15 Å². The first-order valence-electron chi connectivity index (χ1n) is 2.35. The van der Waals surface area contributed by atoms with E-state index in [9.17, 15) is 0 Å². The third-order valence-electron chi connectivity index (χ3n) is 0.877. The van der Waals surface area contributed by atoms with E-state index in [4.69, 9.17) is 4.84 Å². The van der Waals surface area contributed by atoms with Crippen molar-refractivity contribution in [3.8, 4) is 0 Å². The maximum Gasteiger partial charge on any atom is 0.125 e. The summed E-state index contributed by atoms with van der Waals surface area (Å²) in [7, 11) is 0.0363. The molecular weight excluding hydrogens is 94.1 g/mol. The van der Waals surface area contributed by atoms with Crippen molar-refractivity contribution in [2.24, 2.45) is 0 Å². The van der Waals surface area contributed by atoms with Crippen molar-refractivity contribution in [3.63, 3.8) is 0 Å². The normalized spacial score (nSPS) is 28.0. The lowest BCUT2D eigenvalue weighted by atomic mass is 10.5. The van der Waals surface area contributed by atoms with Gasteiger partial charge in [0.25, 0.3) is 0 Å². The van der Waals surface area contributed by atoms with Crippen LogP contribution in [-0.2, 0) is 4.84 Å². The van der Waals surface area contributed by atoms with E-state index >= 15 is 0 Å². The van der Waals surface area contributed by atoms with Gasteiger partial charge in [0.1, 0.15) is 9.68 Å². The van der Waals surface area contributed by atoms with Crippen LogP contribution in [0.25, 0.3) is 0 Å².